The Bertz CT molecular complexity index is 7270. The molecule has 0 fully saturated rings. The summed E-state index contributed by atoms with van der Waals surface area (Å²) in [5.41, 5.74) is 32.5. The van der Waals surface area contributed by atoms with Crippen LogP contribution >= 0.6 is 0 Å². The highest BCUT2D eigenvalue weighted by Crippen LogP contribution is 2.53. The summed E-state index contributed by atoms with van der Waals surface area (Å²) in [6.45, 7) is 13.5. The summed E-state index contributed by atoms with van der Waals surface area (Å²) in [5, 5.41) is 20.0. The summed E-state index contributed by atoms with van der Waals surface area (Å²) in [4.78, 5) is 5.30. The summed E-state index contributed by atoms with van der Waals surface area (Å²) in [7, 11) is 0. The maximum atomic E-state index is 10.6. The summed E-state index contributed by atoms with van der Waals surface area (Å²) in [6.07, 6.45) is 0. The number of fused-ring (bicyclic) bond motifs is 16. The number of rotatable bonds is 9. The van der Waals surface area contributed by atoms with Gasteiger partial charge in [0.15, 0.2) is 0 Å². The molecular formula is C105H76BN7. The molecule has 0 atom stereocenters. The van der Waals surface area contributed by atoms with E-state index in [0.717, 1.165) is 145 Å². The average Bonchev–Trinajstić information content (AvgIpc) is 1.35. The van der Waals surface area contributed by atoms with Gasteiger partial charge in [-0.2, -0.15) is 5.26 Å². The first-order valence-corrected chi connectivity index (χ1v) is 39.3. The van der Waals surface area contributed by atoms with Gasteiger partial charge in [-0.3, -0.25) is 0 Å². The number of nitrogens with zero attached hydrogens (tertiary/aromatic N) is 7. The summed E-state index contributed by atoms with van der Waals surface area (Å²) < 4.78 is 10.0. The van der Waals surface area contributed by atoms with Gasteiger partial charge in [-0.1, -0.05) is 266 Å². The molecule has 6 heterocycles. The van der Waals surface area contributed by atoms with Crippen molar-refractivity contribution in [2.45, 2.75) is 52.4 Å². The van der Waals surface area contributed by atoms with Crippen molar-refractivity contribution in [1.29, 1.82) is 5.26 Å². The van der Waals surface area contributed by atoms with Crippen LogP contribution in [0.5, 0.6) is 0 Å². The van der Waals surface area contributed by atoms with E-state index in [1.165, 1.54) is 59.8 Å². The van der Waals surface area contributed by atoms with E-state index >= 15 is 0 Å². The molecule has 534 valence electrons. The van der Waals surface area contributed by atoms with Crippen LogP contribution in [0, 0.1) is 11.3 Å². The van der Waals surface area contributed by atoms with Gasteiger partial charge in [0.05, 0.1) is 78.5 Å². The van der Waals surface area contributed by atoms with Crippen LogP contribution in [0.4, 0.5) is 34.1 Å². The molecule has 8 heteroatoms. The van der Waals surface area contributed by atoms with E-state index in [1.54, 1.807) is 0 Å². The molecule has 0 N–H and O–H groups in total. The highest BCUT2D eigenvalue weighted by atomic mass is 15.2. The van der Waals surface area contributed by atoms with Crippen LogP contribution in [-0.4, -0.2) is 25.0 Å². The number of anilines is 6. The zero-order valence-electron chi connectivity index (χ0n) is 63.7. The standard InChI is InChI=1S/C105H76BN7/c1-104(2,3)70-49-56-94(82(61-70)68-30-11-8-12-31-68)112-99-64-73(109-95-55-48-66(65-107)58-83(95)84-62-71(105(4,5)6)50-57-96(84)109)52-54-86(99)106-85-53-51-72(108-88-41-21-14-33-76(88)77-34-15-22-42-89(77)108)63-98(85)111(87-40-20-13-32-74(87)67-28-9-7-10-29-67)100-59-69(60-101(112)102(100)106)75-39-27-47-97(110-90-43-23-16-35-78(90)79-36-17-24-44-91(79)110)103(75)113-92-45-25-18-37-80(92)81-38-19-26-46-93(81)113/h7-64H,1-6H3. The quantitative estimate of drug-likeness (QED) is 0.135. The second kappa shape index (κ2) is 24.9. The van der Waals surface area contributed by atoms with Gasteiger partial charge in [-0.05, 0) is 182 Å². The van der Waals surface area contributed by atoms with Crippen molar-refractivity contribution in [3.05, 3.63) is 369 Å². The number of para-hydroxylation sites is 8. The number of benzene rings is 16. The van der Waals surface area contributed by atoms with Crippen LogP contribution in [0.25, 0.3) is 143 Å². The monoisotopic (exact) mass is 1450 g/mol. The van der Waals surface area contributed by atoms with Crippen molar-refractivity contribution in [2.24, 2.45) is 0 Å². The van der Waals surface area contributed by atoms with Crippen molar-refractivity contribution in [2.75, 3.05) is 9.80 Å². The van der Waals surface area contributed by atoms with Crippen molar-refractivity contribution in [3.8, 4) is 62.2 Å². The Hall–Kier alpha value is -14.1. The van der Waals surface area contributed by atoms with E-state index in [-0.39, 0.29) is 17.5 Å². The normalized spacial score (nSPS) is 12.8. The van der Waals surface area contributed by atoms with Crippen LogP contribution in [0.1, 0.15) is 58.2 Å². The fraction of sp³-hybridized carbons (Fsp3) is 0.0762. The van der Waals surface area contributed by atoms with Gasteiger partial charge in [0.2, 0.25) is 0 Å². The Labute approximate surface area is 656 Å². The largest absolute Gasteiger partial charge is 0.311 e. The third-order valence-electron chi connectivity index (χ3n) is 24.3. The topological polar surface area (TPSA) is 50.0 Å². The van der Waals surface area contributed by atoms with Crippen LogP contribution in [0.2, 0.25) is 0 Å². The van der Waals surface area contributed by atoms with Crippen molar-refractivity contribution >= 4 is 144 Å². The zero-order valence-corrected chi connectivity index (χ0v) is 63.7. The molecule has 0 saturated heterocycles. The molecule has 0 unspecified atom stereocenters. The van der Waals surface area contributed by atoms with E-state index < -0.39 is 0 Å². The fourth-order valence-electron chi connectivity index (χ4n) is 19.1. The number of hydrogen-bond acceptors (Lipinski definition) is 3. The zero-order chi connectivity index (χ0) is 75.7. The Morgan fingerprint density at radius 2 is 0.646 bits per heavy atom. The third-order valence-corrected chi connectivity index (χ3v) is 24.3. The lowest BCUT2D eigenvalue weighted by Crippen LogP contribution is -2.61. The molecule has 4 aromatic heterocycles. The van der Waals surface area contributed by atoms with Crippen LogP contribution in [0.3, 0.4) is 0 Å². The second-order valence-corrected chi connectivity index (χ2v) is 32.7. The Kier molecular flexibility index (Phi) is 14.6. The minimum atomic E-state index is -0.308. The van der Waals surface area contributed by atoms with Gasteiger partial charge in [0, 0.05) is 93.9 Å². The highest BCUT2D eigenvalue weighted by Gasteiger charge is 2.46. The van der Waals surface area contributed by atoms with Gasteiger partial charge in [0.25, 0.3) is 6.71 Å². The molecule has 7 nitrogen and oxygen atoms in total. The summed E-state index contributed by atoms with van der Waals surface area (Å²) >= 11 is 0. The second-order valence-electron chi connectivity index (χ2n) is 32.7. The summed E-state index contributed by atoms with van der Waals surface area (Å²) in [6, 6.07) is 134. The first-order valence-electron chi connectivity index (χ1n) is 39.3. The molecule has 2 aliphatic heterocycles. The molecule has 0 saturated carbocycles. The first kappa shape index (κ1) is 65.9. The molecule has 0 spiro atoms. The minimum Gasteiger partial charge on any atom is -0.311 e. The highest BCUT2D eigenvalue weighted by molar-refractivity contribution is 7.00. The number of aromatic nitrogens is 4. The molecule has 113 heavy (non-hydrogen) atoms. The smallest absolute Gasteiger partial charge is 0.252 e. The first-order chi connectivity index (χ1) is 55.3. The van der Waals surface area contributed by atoms with Gasteiger partial charge >= 0.3 is 0 Å². The van der Waals surface area contributed by atoms with Crippen molar-refractivity contribution in [3.63, 3.8) is 0 Å². The van der Waals surface area contributed by atoms with Crippen molar-refractivity contribution in [1.82, 2.24) is 18.3 Å². The summed E-state index contributed by atoms with van der Waals surface area (Å²) in [5.74, 6) is 0. The van der Waals surface area contributed by atoms with E-state index in [2.05, 4.69) is 421 Å². The average molecular weight is 1450 g/mol. The van der Waals surface area contributed by atoms with Crippen LogP contribution < -0.4 is 26.2 Å². The van der Waals surface area contributed by atoms with E-state index in [9.17, 15) is 5.26 Å². The molecule has 0 aliphatic carbocycles. The molecule has 0 radical (unpaired) electrons. The lowest BCUT2D eigenvalue weighted by Gasteiger charge is -2.45. The van der Waals surface area contributed by atoms with E-state index in [4.69, 9.17) is 0 Å². The van der Waals surface area contributed by atoms with Gasteiger partial charge in [-0.25, -0.2) is 0 Å². The van der Waals surface area contributed by atoms with E-state index in [1.807, 2.05) is 6.07 Å². The third kappa shape index (κ3) is 10.0. The molecule has 2 aliphatic rings. The van der Waals surface area contributed by atoms with Crippen molar-refractivity contribution < 1.29 is 0 Å². The maximum absolute atomic E-state index is 10.6. The van der Waals surface area contributed by atoms with Gasteiger partial charge in [-0.15, -0.1) is 0 Å². The fourth-order valence-corrected chi connectivity index (χ4v) is 19.1. The Morgan fingerprint density at radius 1 is 0.257 bits per heavy atom. The maximum Gasteiger partial charge on any atom is 0.252 e. The molecule has 0 amide bonds. The molecule has 20 aromatic rings. The predicted molar refractivity (Wildman–Crippen MR) is 476 cm³/mol. The number of hydrogen-bond donors (Lipinski definition) is 0. The molecule has 22 rings (SSSR count). The Morgan fingerprint density at radius 3 is 1.15 bits per heavy atom. The van der Waals surface area contributed by atoms with Crippen LogP contribution in [0.15, 0.2) is 352 Å². The molecule has 16 aromatic carbocycles. The molecular weight excluding hydrogens is 1370 g/mol. The number of nitriles is 1. The molecule has 0 bridgehead atoms. The lowest BCUT2D eigenvalue weighted by molar-refractivity contribution is 0.590. The van der Waals surface area contributed by atoms with E-state index in [0.29, 0.717) is 5.56 Å². The predicted octanol–water partition coefficient (Wildman–Crippen LogP) is 25.6. The SMILES string of the molecule is CC(C)(C)c1ccc(N2c3cc(-n4c5ccc(C#N)cc5c5cc(C(C)(C)C)ccc54)ccc3B3c4ccc(-n5c6ccccc6c6ccccc65)cc4N(c4ccccc4-c4ccccc4)c4cc(-c5cccc(-n6c7ccccc7c7ccccc76)c5-n5c6ccccc6c6ccccc65)cc2c43)c(-c2ccccc2)c1. The van der Waals surface area contributed by atoms with Gasteiger partial charge in [0.1, 0.15) is 0 Å². The van der Waals surface area contributed by atoms with Crippen LogP contribution in [-0.2, 0) is 10.8 Å². The van der Waals surface area contributed by atoms with Gasteiger partial charge < -0.3 is 28.1 Å². The minimum absolute atomic E-state index is 0.123. The lowest BCUT2D eigenvalue weighted by atomic mass is 9.33. The Balaban J connectivity index is 0.925.